The predicted molar refractivity (Wildman–Crippen MR) is 49.5 cm³/mol. The predicted octanol–water partition coefficient (Wildman–Crippen LogP) is 0.741. The molecule has 0 saturated carbocycles. The van der Waals surface area contributed by atoms with Crippen LogP contribution in [0.15, 0.2) is 30.3 Å². The van der Waals surface area contributed by atoms with E-state index in [-0.39, 0.29) is 6.10 Å². The lowest BCUT2D eigenvalue weighted by atomic mass is 10.1. The third-order valence-corrected chi connectivity index (χ3v) is 2.02. The van der Waals surface area contributed by atoms with Crippen molar-refractivity contribution in [3.05, 3.63) is 41.5 Å². The van der Waals surface area contributed by atoms with Gasteiger partial charge in [-0.25, -0.2) is 0 Å². The Labute approximate surface area is 76.5 Å². The summed E-state index contributed by atoms with van der Waals surface area (Å²) in [6.07, 6.45) is 3.36. The summed E-state index contributed by atoms with van der Waals surface area (Å²) in [6, 6.07) is 7.69. The van der Waals surface area contributed by atoms with E-state index in [0.29, 0.717) is 0 Å². The van der Waals surface area contributed by atoms with Crippen LogP contribution in [-0.2, 0) is 4.65 Å². The molecular formula is C9H9BO3. The van der Waals surface area contributed by atoms with Gasteiger partial charge in [0, 0.05) is 0 Å². The Balaban J connectivity index is 2.23. The molecule has 0 fully saturated rings. The fourth-order valence-corrected chi connectivity index (χ4v) is 1.47. The zero-order valence-electron chi connectivity index (χ0n) is 6.92. The lowest BCUT2D eigenvalue weighted by Gasteiger charge is -2.11. The van der Waals surface area contributed by atoms with E-state index in [2.05, 4.69) is 0 Å². The summed E-state index contributed by atoms with van der Waals surface area (Å²) in [5.74, 6) is 0. The molecule has 66 valence electrons. The molecule has 2 rings (SSSR count). The first-order valence-electron chi connectivity index (χ1n) is 4.06. The van der Waals surface area contributed by atoms with Gasteiger partial charge in [0.05, 0.1) is 6.10 Å². The van der Waals surface area contributed by atoms with Crippen LogP contribution >= 0.6 is 0 Å². The standard InChI is InChI=1S/C9H9BO3/c11-10(12)13-9-6-5-7-3-1-2-4-8(7)9/h1-6,9,11-12H. The molecule has 2 N–H and O–H groups in total. The second kappa shape index (κ2) is 3.34. The molecule has 1 aliphatic carbocycles. The summed E-state index contributed by atoms with van der Waals surface area (Å²) in [5.41, 5.74) is 2.03. The molecule has 0 bridgehead atoms. The summed E-state index contributed by atoms with van der Waals surface area (Å²) >= 11 is 0. The number of hydrogen-bond donors (Lipinski definition) is 2. The van der Waals surface area contributed by atoms with Gasteiger partial charge in [-0.1, -0.05) is 36.4 Å². The quantitative estimate of drug-likeness (QED) is 0.653. The summed E-state index contributed by atoms with van der Waals surface area (Å²) in [7, 11) is -1.72. The van der Waals surface area contributed by atoms with Crippen molar-refractivity contribution in [2.45, 2.75) is 6.10 Å². The first kappa shape index (κ1) is 8.50. The molecule has 0 aliphatic heterocycles. The first-order chi connectivity index (χ1) is 6.27. The molecular weight excluding hydrogens is 167 g/mol. The monoisotopic (exact) mass is 176 g/mol. The van der Waals surface area contributed by atoms with Crippen molar-refractivity contribution in [2.24, 2.45) is 0 Å². The molecule has 0 radical (unpaired) electrons. The van der Waals surface area contributed by atoms with E-state index in [4.69, 9.17) is 14.7 Å². The van der Waals surface area contributed by atoms with Crippen LogP contribution in [0.2, 0.25) is 0 Å². The van der Waals surface area contributed by atoms with Gasteiger partial charge in [-0.15, -0.1) is 0 Å². The van der Waals surface area contributed by atoms with Gasteiger partial charge >= 0.3 is 7.32 Å². The maximum Gasteiger partial charge on any atom is 0.634 e. The number of benzene rings is 1. The lowest BCUT2D eigenvalue weighted by molar-refractivity contribution is 0.150. The van der Waals surface area contributed by atoms with Gasteiger partial charge < -0.3 is 14.7 Å². The summed E-state index contributed by atoms with van der Waals surface area (Å²) in [5, 5.41) is 17.3. The smallest absolute Gasteiger partial charge is 0.402 e. The minimum atomic E-state index is -1.72. The van der Waals surface area contributed by atoms with Crippen molar-refractivity contribution in [1.29, 1.82) is 0 Å². The van der Waals surface area contributed by atoms with Gasteiger partial charge in [-0.2, -0.15) is 0 Å². The van der Waals surface area contributed by atoms with Gasteiger partial charge in [0.25, 0.3) is 0 Å². The topological polar surface area (TPSA) is 49.7 Å². The Morgan fingerprint density at radius 2 is 2.00 bits per heavy atom. The van der Waals surface area contributed by atoms with Gasteiger partial charge in [0.15, 0.2) is 0 Å². The van der Waals surface area contributed by atoms with Crippen LogP contribution in [0.1, 0.15) is 17.2 Å². The second-order valence-electron chi connectivity index (χ2n) is 2.87. The highest BCUT2D eigenvalue weighted by Crippen LogP contribution is 2.30. The SMILES string of the molecule is OB(O)OC1C=Cc2ccccc21. The van der Waals surface area contributed by atoms with E-state index in [0.717, 1.165) is 11.1 Å². The Morgan fingerprint density at radius 3 is 2.77 bits per heavy atom. The van der Waals surface area contributed by atoms with E-state index >= 15 is 0 Å². The molecule has 0 saturated heterocycles. The van der Waals surface area contributed by atoms with Gasteiger partial charge in [-0.3, -0.25) is 0 Å². The van der Waals surface area contributed by atoms with Gasteiger partial charge in [-0.05, 0) is 11.1 Å². The van der Waals surface area contributed by atoms with Crippen LogP contribution in [0.3, 0.4) is 0 Å². The maximum atomic E-state index is 8.64. The van der Waals surface area contributed by atoms with Crippen molar-refractivity contribution in [2.75, 3.05) is 0 Å². The zero-order chi connectivity index (χ0) is 9.26. The van der Waals surface area contributed by atoms with E-state index < -0.39 is 7.32 Å². The van der Waals surface area contributed by atoms with Crippen LogP contribution < -0.4 is 0 Å². The molecule has 3 nitrogen and oxygen atoms in total. The Morgan fingerprint density at radius 1 is 1.23 bits per heavy atom. The van der Waals surface area contributed by atoms with E-state index in [1.165, 1.54) is 0 Å². The highest BCUT2D eigenvalue weighted by atomic mass is 16.6. The molecule has 1 aliphatic rings. The Kier molecular flexibility index (Phi) is 2.18. The molecule has 0 aromatic heterocycles. The lowest BCUT2D eigenvalue weighted by Crippen LogP contribution is -2.19. The average molecular weight is 176 g/mol. The summed E-state index contributed by atoms with van der Waals surface area (Å²) < 4.78 is 4.86. The van der Waals surface area contributed by atoms with E-state index in [1.807, 2.05) is 30.3 Å². The first-order valence-corrected chi connectivity index (χ1v) is 4.06. The minimum Gasteiger partial charge on any atom is -0.402 e. The van der Waals surface area contributed by atoms with Gasteiger partial charge in [0.2, 0.25) is 0 Å². The third kappa shape index (κ3) is 1.65. The second-order valence-corrected chi connectivity index (χ2v) is 2.87. The van der Waals surface area contributed by atoms with Crippen LogP contribution in [0.4, 0.5) is 0 Å². The molecule has 1 atom stereocenters. The molecule has 0 amide bonds. The van der Waals surface area contributed by atoms with Crippen molar-refractivity contribution in [3.8, 4) is 0 Å². The van der Waals surface area contributed by atoms with Gasteiger partial charge in [0.1, 0.15) is 0 Å². The minimum absolute atomic E-state index is 0.337. The van der Waals surface area contributed by atoms with E-state index in [9.17, 15) is 0 Å². The molecule has 0 spiro atoms. The maximum absolute atomic E-state index is 8.64. The largest absolute Gasteiger partial charge is 0.634 e. The molecule has 13 heavy (non-hydrogen) atoms. The number of rotatable bonds is 2. The van der Waals surface area contributed by atoms with Crippen molar-refractivity contribution < 1.29 is 14.7 Å². The average Bonchev–Trinajstić information content (AvgIpc) is 2.48. The third-order valence-electron chi connectivity index (χ3n) is 2.02. The van der Waals surface area contributed by atoms with Crippen molar-refractivity contribution >= 4 is 13.4 Å². The van der Waals surface area contributed by atoms with Crippen molar-refractivity contribution in [1.82, 2.24) is 0 Å². The normalized spacial score (nSPS) is 18.8. The summed E-state index contributed by atoms with van der Waals surface area (Å²) in [6.45, 7) is 0. The molecule has 1 aromatic carbocycles. The number of hydrogen-bond acceptors (Lipinski definition) is 3. The molecule has 4 heteroatoms. The van der Waals surface area contributed by atoms with Crippen LogP contribution in [-0.4, -0.2) is 17.4 Å². The highest BCUT2D eigenvalue weighted by molar-refractivity contribution is 6.32. The molecule has 0 heterocycles. The Hall–Kier alpha value is -1.10. The van der Waals surface area contributed by atoms with Crippen LogP contribution in [0, 0.1) is 0 Å². The fourth-order valence-electron chi connectivity index (χ4n) is 1.47. The highest BCUT2D eigenvalue weighted by Gasteiger charge is 2.22. The van der Waals surface area contributed by atoms with E-state index in [1.54, 1.807) is 6.08 Å². The number of fused-ring (bicyclic) bond motifs is 1. The van der Waals surface area contributed by atoms with Crippen LogP contribution in [0.25, 0.3) is 6.08 Å². The molecule has 1 aromatic rings. The molecule has 1 unspecified atom stereocenters. The Bertz CT molecular complexity index is 335. The van der Waals surface area contributed by atoms with Crippen LogP contribution in [0.5, 0.6) is 0 Å². The fraction of sp³-hybridized carbons (Fsp3) is 0.111. The zero-order valence-corrected chi connectivity index (χ0v) is 6.92. The van der Waals surface area contributed by atoms with Crippen molar-refractivity contribution in [3.63, 3.8) is 0 Å². The summed E-state index contributed by atoms with van der Waals surface area (Å²) in [4.78, 5) is 0.